The van der Waals surface area contributed by atoms with Crippen LogP contribution >= 0.6 is 12.4 Å². The van der Waals surface area contributed by atoms with E-state index >= 15 is 0 Å². The lowest BCUT2D eigenvalue weighted by molar-refractivity contribution is 0.463. The molecule has 0 heterocycles. The summed E-state index contributed by atoms with van der Waals surface area (Å²) in [7, 11) is -3.03. The first kappa shape index (κ1) is 23.2. The number of nitrogens with two attached hydrogens (primary N) is 1. The van der Waals surface area contributed by atoms with Crippen LogP contribution in [0.25, 0.3) is 0 Å². The molecule has 2 aliphatic rings. The molecule has 7 heteroatoms. The molecule has 2 aromatic carbocycles. The Kier molecular flexibility index (Phi) is 7.20. The second-order valence-corrected chi connectivity index (χ2v) is 10.9. The van der Waals surface area contributed by atoms with Crippen molar-refractivity contribution in [3.05, 3.63) is 70.3 Å². The van der Waals surface area contributed by atoms with E-state index in [2.05, 4.69) is 12.1 Å². The number of aryl methyl sites for hydroxylation is 2. The van der Waals surface area contributed by atoms with E-state index in [4.69, 9.17) is 5.73 Å². The van der Waals surface area contributed by atoms with Gasteiger partial charge >= 0.3 is 0 Å². The standard InChI is InChI=1S/C23H27F2NO2S.ClH/c24-21-8-5-16(14-22(21)25)13-20-19-12-15(4-6-17(19)7-9-23(20)26)10-11-29(27,28)18-2-1-3-18;/h4-6,8,12,14,18,20,23H,1-3,7,9-11,13,26H2;1H. The van der Waals surface area contributed by atoms with Crippen molar-refractivity contribution in [3.63, 3.8) is 0 Å². The van der Waals surface area contributed by atoms with E-state index in [0.29, 0.717) is 12.8 Å². The highest BCUT2D eigenvalue weighted by Gasteiger charge is 2.31. The normalized spacial score (nSPS) is 21.4. The summed E-state index contributed by atoms with van der Waals surface area (Å²) in [4.78, 5) is 0. The molecule has 164 valence electrons. The monoisotopic (exact) mass is 455 g/mol. The Hall–Kier alpha value is -1.50. The average molecular weight is 456 g/mol. The van der Waals surface area contributed by atoms with E-state index in [1.54, 1.807) is 6.07 Å². The van der Waals surface area contributed by atoms with Crippen LogP contribution < -0.4 is 5.73 Å². The highest BCUT2D eigenvalue weighted by atomic mass is 35.5. The first-order chi connectivity index (χ1) is 13.8. The molecule has 0 spiro atoms. The Morgan fingerprint density at radius 3 is 2.37 bits per heavy atom. The summed E-state index contributed by atoms with van der Waals surface area (Å²) in [5.74, 6) is -1.51. The molecule has 1 fully saturated rings. The predicted octanol–water partition coefficient (Wildman–Crippen LogP) is 4.50. The maximum atomic E-state index is 13.6. The summed E-state index contributed by atoms with van der Waals surface area (Å²) in [6.45, 7) is 0. The van der Waals surface area contributed by atoms with Crippen LogP contribution in [0.5, 0.6) is 0 Å². The van der Waals surface area contributed by atoms with Crippen molar-refractivity contribution in [1.29, 1.82) is 0 Å². The molecule has 0 amide bonds. The van der Waals surface area contributed by atoms with Gasteiger partial charge in [-0.1, -0.05) is 30.7 Å². The summed E-state index contributed by atoms with van der Waals surface area (Å²) < 4.78 is 51.7. The third-order valence-electron chi connectivity index (χ3n) is 6.55. The minimum atomic E-state index is -3.03. The molecule has 2 aromatic rings. The Balaban J connectivity index is 0.00000256. The van der Waals surface area contributed by atoms with Crippen LogP contribution in [0.3, 0.4) is 0 Å². The van der Waals surface area contributed by atoms with Gasteiger partial charge in [-0.3, -0.25) is 0 Å². The molecule has 2 N–H and O–H groups in total. The van der Waals surface area contributed by atoms with Gasteiger partial charge in [0.1, 0.15) is 0 Å². The zero-order valence-corrected chi connectivity index (χ0v) is 18.5. The summed E-state index contributed by atoms with van der Waals surface area (Å²) in [6.07, 6.45) is 5.35. The number of sulfone groups is 1. The van der Waals surface area contributed by atoms with Crippen molar-refractivity contribution in [2.24, 2.45) is 5.73 Å². The Morgan fingerprint density at radius 1 is 0.967 bits per heavy atom. The number of halogens is 3. The third-order valence-corrected chi connectivity index (χ3v) is 8.81. The van der Waals surface area contributed by atoms with Gasteiger partial charge in [0.15, 0.2) is 21.5 Å². The number of hydrogen-bond acceptors (Lipinski definition) is 3. The van der Waals surface area contributed by atoms with Gasteiger partial charge in [0.2, 0.25) is 0 Å². The van der Waals surface area contributed by atoms with Crippen LogP contribution in [0.2, 0.25) is 0 Å². The van der Waals surface area contributed by atoms with E-state index in [9.17, 15) is 17.2 Å². The minimum absolute atomic E-state index is 0. The molecule has 0 aromatic heterocycles. The maximum Gasteiger partial charge on any atom is 0.159 e. The molecule has 2 unspecified atom stereocenters. The van der Waals surface area contributed by atoms with E-state index in [1.165, 1.54) is 11.6 Å². The van der Waals surface area contributed by atoms with Crippen LogP contribution in [0.4, 0.5) is 8.78 Å². The lowest BCUT2D eigenvalue weighted by Gasteiger charge is -2.32. The average Bonchev–Trinajstić information content (AvgIpc) is 2.63. The number of benzene rings is 2. The van der Waals surface area contributed by atoms with Gasteiger partial charge in [0.25, 0.3) is 0 Å². The lowest BCUT2D eigenvalue weighted by Crippen LogP contribution is -2.34. The zero-order chi connectivity index (χ0) is 20.6. The van der Waals surface area contributed by atoms with Crippen LogP contribution in [-0.2, 0) is 29.1 Å². The van der Waals surface area contributed by atoms with Crippen LogP contribution in [0.1, 0.15) is 53.9 Å². The minimum Gasteiger partial charge on any atom is -0.327 e. The van der Waals surface area contributed by atoms with E-state index in [-0.39, 0.29) is 35.4 Å². The molecular weight excluding hydrogens is 428 g/mol. The van der Waals surface area contributed by atoms with Crippen LogP contribution in [0, 0.1) is 11.6 Å². The van der Waals surface area contributed by atoms with Gasteiger partial charge < -0.3 is 5.73 Å². The highest BCUT2D eigenvalue weighted by molar-refractivity contribution is 7.92. The lowest BCUT2D eigenvalue weighted by atomic mass is 9.76. The summed E-state index contributed by atoms with van der Waals surface area (Å²) in [5.41, 5.74) is 10.4. The van der Waals surface area contributed by atoms with Crippen molar-refractivity contribution >= 4 is 22.2 Å². The molecule has 2 atom stereocenters. The van der Waals surface area contributed by atoms with Crippen molar-refractivity contribution in [2.45, 2.75) is 62.2 Å². The number of hydrogen-bond donors (Lipinski definition) is 1. The number of rotatable bonds is 6. The van der Waals surface area contributed by atoms with Crippen molar-refractivity contribution < 1.29 is 17.2 Å². The van der Waals surface area contributed by atoms with Gasteiger partial charge in [-0.15, -0.1) is 12.4 Å². The first-order valence-corrected chi connectivity index (χ1v) is 12.1. The molecule has 0 saturated heterocycles. The molecule has 0 bridgehead atoms. The predicted molar refractivity (Wildman–Crippen MR) is 118 cm³/mol. The zero-order valence-electron chi connectivity index (χ0n) is 16.8. The van der Waals surface area contributed by atoms with Gasteiger partial charge in [-0.25, -0.2) is 17.2 Å². The van der Waals surface area contributed by atoms with Crippen molar-refractivity contribution in [1.82, 2.24) is 0 Å². The smallest absolute Gasteiger partial charge is 0.159 e. The van der Waals surface area contributed by atoms with Gasteiger partial charge in [0, 0.05) is 12.0 Å². The van der Waals surface area contributed by atoms with E-state index in [1.807, 2.05) is 6.07 Å². The molecule has 2 aliphatic carbocycles. The van der Waals surface area contributed by atoms with Gasteiger partial charge in [-0.2, -0.15) is 0 Å². The largest absolute Gasteiger partial charge is 0.327 e. The topological polar surface area (TPSA) is 60.2 Å². The highest BCUT2D eigenvalue weighted by Crippen LogP contribution is 2.35. The SMILES string of the molecule is Cl.NC1CCc2ccc(CCS(=O)(=O)C3CCC3)cc2C1Cc1ccc(F)c(F)c1. The molecule has 30 heavy (non-hydrogen) atoms. The summed E-state index contributed by atoms with van der Waals surface area (Å²) in [5, 5.41) is -0.158. The van der Waals surface area contributed by atoms with E-state index in [0.717, 1.165) is 54.9 Å². The van der Waals surface area contributed by atoms with Crippen LogP contribution in [0.15, 0.2) is 36.4 Å². The molecule has 1 saturated carbocycles. The quantitative estimate of drug-likeness (QED) is 0.697. The molecular formula is C23H28ClF2NO2S. The van der Waals surface area contributed by atoms with Crippen molar-refractivity contribution in [3.8, 4) is 0 Å². The van der Waals surface area contributed by atoms with Crippen molar-refractivity contribution in [2.75, 3.05) is 5.75 Å². The van der Waals surface area contributed by atoms with Gasteiger partial charge in [-0.05, 0) is 72.9 Å². The maximum absolute atomic E-state index is 13.6. The second-order valence-electron chi connectivity index (χ2n) is 8.46. The summed E-state index contributed by atoms with van der Waals surface area (Å²) in [6, 6.07) is 10.1. The molecule has 0 radical (unpaired) electrons. The fourth-order valence-electron chi connectivity index (χ4n) is 4.47. The fourth-order valence-corrected chi connectivity index (χ4v) is 6.37. The van der Waals surface area contributed by atoms with Gasteiger partial charge in [0.05, 0.1) is 11.0 Å². The Labute approximate surface area is 183 Å². The van der Waals surface area contributed by atoms with Crippen LogP contribution in [-0.4, -0.2) is 25.5 Å². The Bertz CT molecular complexity index is 1010. The molecule has 0 aliphatic heterocycles. The Morgan fingerprint density at radius 2 is 1.70 bits per heavy atom. The fraction of sp³-hybridized carbons (Fsp3) is 0.478. The second kappa shape index (κ2) is 9.33. The molecule has 3 nitrogen and oxygen atoms in total. The van der Waals surface area contributed by atoms with E-state index < -0.39 is 21.5 Å². The molecule has 4 rings (SSSR count). The third kappa shape index (κ3) is 4.87. The summed E-state index contributed by atoms with van der Waals surface area (Å²) >= 11 is 0. The first-order valence-electron chi connectivity index (χ1n) is 10.4. The number of fused-ring (bicyclic) bond motifs is 1.